The van der Waals surface area contributed by atoms with Crippen LogP contribution < -0.4 is 14.2 Å². The third kappa shape index (κ3) is 3.74. The fourth-order valence-electron chi connectivity index (χ4n) is 2.43. The van der Waals surface area contributed by atoms with Crippen LogP contribution in [0.2, 0.25) is 5.02 Å². The Kier molecular flexibility index (Phi) is 5.11. The van der Waals surface area contributed by atoms with E-state index in [1.54, 1.807) is 42.3 Å². The van der Waals surface area contributed by atoms with E-state index in [1.807, 2.05) is 12.1 Å². The highest BCUT2D eigenvalue weighted by Gasteiger charge is 2.23. The van der Waals surface area contributed by atoms with Crippen LogP contribution in [0.15, 0.2) is 42.5 Å². The number of amides is 1. The van der Waals surface area contributed by atoms with Crippen molar-refractivity contribution in [3.63, 3.8) is 0 Å². The summed E-state index contributed by atoms with van der Waals surface area (Å²) in [5.74, 6) is 1.80. The second-order valence-electron chi connectivity index (χ2n) is 5.42. The van der Waals surface area contributed by atoms with Gasteiger partial charge in [0, 0.05) is 18.6 Å². The summed E-state index contributed by atoms with van der Waals surface area (Å²) in [6.45, 7) is 1.25. The minimum absolute atomic E-state index is 0.0937. The maximum Gasteiger partial charge on any atom is 0.257 e. The van der Waals surface area contributed by atoms with Gasteiger partial charge in [0.25, 0.3) is 5.91 Å². The number of halogens is 1. The highest BCUT2D eigenvalue weighted by Crippen LogP contribution is 2.35. The van der Waals surface area contributed by atoms with Gasteiger partial charge in [-0.25, -0.2) is 0 Å². The quantitative estimate of drug-likeness (QED) is 0.749. The zero-order valence-electron chi connectivity index (χ0n) is 13.3. The standard InChI is InChI=1S/C18H18ClNO4/c1-20(10-3-11-22-14-8-6-13(19)7-9-14)18(21)15-4-2-5-16-17(15)24-12-23-16/h2,4-9H,3,10-12H2,1H3. The molecule has 0 N–H and O–H groups in total. The van der Waals surface area contributed by atoms with Crippen LogP contribution in [-0.4, -0.2) is 37.8 Å². The molecule has 1 heterocycles. The largest absolute Gasteiger partial charge is 0.494 e. The number of carbonyl (C=O) groups excluding carboxylic acids is 1. The normalized spacial score (nSPS) is 12.1. The molecule has 0 radical (unpaired) electrons. The van der Waals surface area contributed by atoms with E-state index in [4.69, 9.17) is 25.8 Å². The number of para-hydroxylation sites is 1. The molecule has 24 heavy (non-hydrogen) atoms. The molecule has 0 aromatic heterocycles. The maximum atomic E-state index is 12.5. The fraction of sp³-hybridized carbons (Fsp3) is 0.278. The van der Waals surface area contributed by atoms with Gasteiger partial charge in [-0.05, 0) is 42.8 Å². The van der Waals surface area contributed by atoms with E-state index in [-0.39, 0.29) is 12.7 Å². The van der Waals surface area contributed by atoms with Gasteiger partial charge in [-0.2, -0.15) is 0 Å². The van der Waals surface area contributed by atoms with E-state index < -0.39 is 0 Å². The number of benzene rings is 2. The lowest BCUT2D eigenvalue weighted by Crippen LogP contribution is -2.28. The van der Waals surface area contributed by atoms with Crippen molar-refractivity contribution < 1.29 is 19.0 Å². The van der Waals surface area contributed by atoms with Crippen molar-refractivity contribution in [1.29, 1.82) is 0 Å². The molecule has 0 atom stereocenters. The summed E-state index contributed by atoms with van der Waals surface area (Å²) in [6.07, 6.45) is 0.719. The zero-order valence-corrected chi connectivity index (χ0v) is 14.1. The Morgan fingerprint density at radius 1 is 1.21 bits per heavy atom. The Bertz CT molecular complexity index is 717. The van der Waals surface area contributed by atoms with Crippen molar-refractivity contribution in [2.45, 2.75) is 6.42 Å². The first-order chi connectivity index (χ1) is 11.6. The average molecular weight is 348 g/mol. The molecule has 1 aliphatic heterocycles. The van der Waals surface area contributed by atoms with Crippen molar-refractivity contribution in [3.05, 3.63) is 53.1 Å². The van der Waals surface area contributed by atoms with E-state index >= 15 is 0 Å². The van der Waals surface area contributed by atoms with Crippen LogP contribution in [0.25, 0.3) is 0 Å². The summed E-state index contributed by atoms with van der Waals surface area (Å²) in [7, 11) is 1.76. The molecule has 0 saturated heterocycles. The molecule has 0 spiro atoms. The SMILES string of the molecule is CN(CCCOc1ccc(Cl)cc1)C(=O)c1cccc2c1OCO2. The monoisotopic (exact) mass is 347 g/mol. The number of nitrogens with zero attached hydrogens (tertiary/aromatic N) is 1. The van der Waals surface area contributed by atoms with Crippen molar-refractivity contribution >= 4 is 17.5 Å². The maximum absolute atomic E-state index is 12.5. The number of hydrogen-bond donors (Lipinski definition) is 0. The Balaban J connectivity index is 1.50. The van der Waals surface area contributed by atoms with E-state index in [0.29, 0.717) is 35.2 Å². The van der Waals surface area contributed by atoms with E-state index in [9.17, 15) is 4.79 Å². The highest BCUT2D eigenvalue weighted by molar-refractivity contribution is 6.30. The van der Waals surface area contributed by atoms with Gasteiger partial charge < -0.3 is 19.1 Å². The van der Waals surface area contributed by atoms with Gasteiger partial charge in [0.15, 0.2) is 11.5 Å². The predicted molar refractivity (Wildman–Crippen MR) is 91.1 cm³/mol. The van der Waals surface area contributed by atoms with Gasteiger partial charge in [-0.3, -0.25) is 4.79 Å². The zero-order chi connectivity index (χ0) is 16.9. The van der Waals surface area contributed by atoms with Crippen LogP contribution in [0, 0.1) is 0 Å². The molecule has 1 amide bonds. The Morgan fingerprint density at radius 2 is 2.00 bits per heavy atom. The number of carbonyl (C=O) groups is 1. The summed E-state index contributed by atoms with van der Waals surface area (Å²) in [4.78, 5) is 14.2. The first kappa shape index (κ1) is 16.5. The second kappa shape index (κ2) is 7.45. The van der Waals surface area contributed by atoms with Gasteiger partial charge in [-0.1, -0.05) is 17.7 Å². The molecule has 0 fully saturated rings. The number of ether oxygens (including phenoxy) is 3. The fourth-order valence-corrected chi connectivity index (χ4v) is 2.55. The van der Waals surface area contributed by atoms with Gasteiger partial charge in [0.2, 0.25) is 6.79 Å². The topological polar surface area (TPSA) is 48.0 Å². The third-order valence-electron chi connectivity index (χ3n) is 3.69. The van der Waals surface area contributed by atoms with Gasteiger partial charge in [-0.15, -0.1) is 0 Å². The molecule has 0 saturated carbocycles. The lowest BCUT2D eigenvalue weighted by molar-refractivity contribution is 0.0783. The molecular weight excluding hydrogens is 330 g/mol. The van der Waals surface area contributed by atoms with E-state index in [1.165, 1.54) is 0 Å². The summed E-state index contributed by atoms with van der Waals surface area (Å²) >= 11 is 5.83. The Hall–Kier alpha value is -2.40. The van der Waals surface area contributed by atoms with Gasteiger partial charge in [0.05, 0.1) is 12.2 Å². The second-order valence-corrected chi connectivity index (χ2v) is 5.86. The first-order valence-electron chi connectivity index (χ1n) is 7.67. The average Bonchev–Trinajstić information content (AvgIpc) is 3.08. The smallest absolute Gasteiger partial charge is 0.257 e. The number of fused-ring (bicyclic) bond motifs is 1. The molecule has 0 aliphatic carbocycles. The van der Waals surface area contributed by atoms with Crippen LogP contribution in [-0.2, 0) is 0 Å². The Labute approximate surface area is 145 Å². The van der Waals surface area contributed by atoms with Crippen molar-refractivity contribution in [1.82, 2.24) is 4.90 Å². The lowest BCUT2D eigenvalue weighted by Gasteiger charge is -2.18. The minimum atomic E-state index is -0.0937. The van der Waals surface area contributed by atoms with Gasteiger partial charge in [0.1, 0.15) is 5.75 Å². The highest BCUT2D eigenvalue weighted by atomic mass is 35.5. The molecule has 2 aromatic carbocycles. The van der Waals surface area contributed by atoms with Crippen LogP contribution in [0.1, 0.15) is 16.8 Å². The summed E-state index contributed by atoms with van der Waals surface area (Å²) in [5.41, 5.74) is 0.520. The van der Waals surface area contributed by atoms with Gasteiger partial charge >= 0.3 is 0 Å². The van der Waals surface area contributed by atoms with Crippen LogP contribution >= 0.6 is 11.6 Å². The summed E-state index contributed by atoms with van der Waals surface area (Å²) in [6, 6.07) is 12.5. The Morgan fingerprint density at radius 3 is 2.79 bits per heavy atom. The molecule has 6 heteroatoms. The van der Waals surface area contributed by atoms with Crippen molar-refractivity contribution in [2.24, 2.45) is 0 Å². The molecule has 126 valence electrons. The predicted octanol–water partition coefficient (Wildman–Crippen LogP) is 3.61. The molecule has 0 bridgehead atoms. The summed E-state index contributed by atoms with van der Waals surface area (Å²) in [5, 5.41) is 0.675. The molecule has 3 rings (SSSR count). The van der Waals surface area contributed by atoms with Crippen LogP contribution in [0.3, 0.4) is 0 Å². The molecule has 0 unspecified atom stereocenters. The number of rotatable bonds is 6. The third-order valence-corrected chi connectivity index (χ3v) is 3.95. The molecule has 5 nitrogen and oxygen atoms in total. The van der Waals surface area contributed by atoms with Crippen LogP contribution in [0.4, 0.5) is 0 Å². The van der Waals surface area contributed by atoms with Crippen molar-refractivity contribution in [2.75, 3.05) is 27.0 Å². The molecular formula is C18H18ClNO4. The minimum Gasteiger partial charge on any atom is -0.494 e. The number of hydrogen-bond acceptors (Lipinski definition) is 4. The van der Waals surface area contributed by atoms with Crippen LogP contribution in [0.5, 0.6) is 17.2 Å². The van der Waals surface area contributed by atoms with E-state index in [2.05, 4.69) is 0 Å². The molecule has 2 aromatic rings. The van der Waals surface area contributed by atoms with Crippen molar-refractivity contribution in [3.8, 4) is 17.2 Å². The molecule has 1 aliphatic rings. The summed E-state index contributed by atoms with van der Waals surface area (Å²) < 4.78 is 16.3. The van der Waals surface area contributed by atoms with E-state index in [0.717, 1.165) is 12.2 Å². The lowest BCUT2D eigenvalue weighted by atomic mass is 10.1. The first-order valence-corrected chi connectivity index (χ1v) is 8.05.